The first-order chi connectivity index (χ1) is 8.75. The van der Waals surface area contributed by atoms with Gasteiger partial charge in [0.15, 0.2) is 0 Å². The van der Waals surface area contributed by atoms with Crippen molar-refractivity contribution in [3.8, 4) is 5.88 Å². The zero-order chi connectivity index (χ0) is 12.8. The van der Waals surface area contributed by atoms with Crippen LogP contribution in [0, 0.1) is 0 Å². The first-order valence-electron chi connectivity index (χ1n) is 6.62. The van der Waals surface area contributed by atoms with E-state index in [9.17, 15) is 0 Å². The summed E-state index contributed by atoms with van der Waals surface area (Å²) in [6, 6.07) is 2.41. The Bertz CT molecular complexity index is 364. The number of ether oxygens (including phenoxy) is 1. The van der Waals surface area contributed by atoms with E-state index < -0.39 is 0 Å². The van der Waals surface area contributed by atoms with E-state index in [1.165, 1.54) is 19.3 Å². The Balaban J connectivity index is 1.77. The van der Waals surface area contributed by atoms with E-state index in [0.29, 0.717) is 24.5 Å². The Morgan fingerprint density at radius 3 is 3.06 bits per heavy atom. The molecule has 1 saturated heterocycles. The van der Waals surface area contributed by atoms with Crippen molar-refractivity contribution >= 4 is 5.95 Å². The van der Waals surface area contributed by atoms with E-state index >= 15 is 0 Å². The van der Waals surface area contributed by atoms with Gasteiger partial charge in [0.1, 0.15) is 0 Å². The molecule has 2 rings (SSSR count). The molecule has 5 heteroatoms. The molecule has 1 fully saturated rings. The minimum absolute atomic E-state index is 0.605. The number of piperidine rings is 1. The van der Waals surface area contributed by atoms with E-state index in [0.717, 1.165) is 13.0 Å². The molecule has 0 aliphatic carbocycles. The lowest BCUT2D eigenvalue weighted by Gasteiger charge is -2.23. The average Bonchev–Trinajstić information content (AvgIpc) is 2.40. The number of hydrogen-bond donors (Lipinski definition) is 1. The molecule has 100 valence electrons. The third-order valence-corrected chi connectivity index (χ3v) is 3.15. The van der Waals surface area contributed by atoms with E-state index in [1.54, 1.807) is 12.3 Å². The lowest BCUT2D eigenvalue weighted by Crippen LogP contribution is -2.35. The molecule has 0 radical (unpaired) electrons. The lowest BCUT2D eigenvalue weighted by atomic mass is 10.0. The summed E-state index contributed by atoms with van der Waals surface area (Å²) >= 11 is 0. The van der Waals surface area contributed by atoms with Crippen molar-refractivity contribution < 1.29 is 4.74 Å². The topological polar surface area (TPSA) is 50.3 Å². The number of hydrogen-bond acceptors (Lipinski definition) is 5. The Morgan fingerprint density at radius 1 is 1.44 bits per heavy atom. The SMILES string of the molecule is CN(C)c1nccc(OCCC2CCCCN2)n1. The smallest absolute Gasteiger partial charge is 0.228 e. The summed E-state index contributed by atoms with van der Waals surface area (Å²) in [6.45, 7) is 1.85. The molecule has 18 heavy (non-hydrogen) atoms. The monoisotopic (exact) mass is 250 g/mol. The fourth-order valence-electron chi connectivity index (χ4n) is 2.10. The summed E-state index contributed by atoms with van der Waals surface area (Å²) in [6.07, 6.45) is 6.67. The van der Waals surface area contributed by atoms with Crippen LogP contribution < -0.4 is 15.0 Å². The van der Waals surface area contributed by atoms with Crippen molar-refractivity contribution in [1.29, 1.82) is 0 Å². The Hall–Kier alpha value is -1.36. The first-order valence-corrected chi connectivity index (χ1v) is 6.62. The lowest BCUT2D eigenvalue weighted by molar-refractivity contribution is 0.260. The van der Waals surface area contributed by atoms with Gasteiger partial charge in [-0.25, -0.2) is 4.98 Å². The molecule has 0 bridgehead atoms. The van der Waals surface area contributed by atoms with Gasteiger partial charge in [-0.1, -0.05) is 6.42 Å². The van der Waals surface area contributed by atoms with Crippen LogP contribution >= 0.6 is 0 Å². The fourth-order valence-corrected chi connectivity index (χ4v) is 2.10. The van der Waals surface area contributed by atoms with Gasteiger partial charge in [0.2, 0.25) is 11.8 Å². The number of anilines is 1. The molecule has 1 aromatic rings. The van der Waals surface area contributed by atoms with Crippen LogP contribution in [-0.4, -0.2) is 43.3 Å². The number of nitrogens with one attached hydrogen (secondary N) is 1. The molecule has 0 spiro atoms. The van der Waals surface area contributed by atoms with Crippen LogP contribution in [-0.2, 0) is 0 Å². The van der Waals surface area contributed by atoms with E-state index in [-0.39, 0.29) is 0 Å². The first kappa shape index (κ1) is 13.1. The Morgan fingerprint density at radius 2 is 2.33 bits per heavy atom. The molecule has 1 aromatic heterocycles. The second kappa shape index (κ2) is 6.54. The van der Waals surface area contributed by atoms with Gasteiger partial charge in [0.05, 0.1) is 6.61 Å². The van der Waals surface area contributed by atoms with Gasteiger partial charge >= 0.3 is 0 Å². The Labute approximate surface area is 109 Å². The summed E-state index contributed by atoms with van der Waals surface area (Å²) in [7, 11) is 3.84. The molecule has 1 aliphatic rings. The largest absolute Gasteiger partial charge is 0.477 e. The molecule has 0 saturated carbocycles. The zero-order valence-corrected chi connectivity index (χ0v) is 11.2. The molecular formula is C13H22N4O. The predicted octanol–water partition coefficient (Wildman–Crippen LogP) is 1.45. The predicted molar refractivity (Wildman–Crippen MR) is 72.1 cm³/mol. The minimum Gasteiger partial charge on any atom is -0.477 e. The third-order valence-electron chi connectivity index (χ3n) is 3.15. The summed E-state index contributed by atoms with van der Waals surface area (Å²) < 4.78 is 5.68. The summed E-state index contributed by atoms with van der Waals surface area (Å²) in [5.74, 6) is 1.34. The second-order valence-electron chi connectivity index (χ2n) is 4.87. The van der Waals surface area contributed by atoms with Gasteiger partial charge in [-0.15, -0.1) is 0 Å². The average molecular weight is 250 g/mol. The molecule has 5 nitrogen and oxygen atoms in total. The molecule has 0 aromatic carbocycles. The summed E-state index contributed by atoms with van der Waals surface area (Å²) in [5, 5.41) is 3.51. The summed E-state index contributed by atoms with van der Waals surface area (Å²) in [4.78, 5) is 10.4. The molecule has 1 atom stereocenters. The Kier molecular flexibility index (Phi) is 4.75. The highest BCUT2D eigenvalue weighted by atomic mass is 16.5. The van der Waals surface area contributed by atoms with Gasteiger partial charge < -0.3 is 15.0 Å². The van der Waals surface area contributed by atoms with E-state index in [4.69, 9.17) is 4.74 Å². The van der Waals surface area contributed by atoms with Crippen molar-refractivity contribution in [1.82, 2.24) is 15.3 Å². The quantitative estimate of drug-likeness (QED) is 0.857. The van der Waals surface area contributed by atoms with Crippen LogP contribution in [0.25, 0.3) is 0 Å². The van der Waals surface area contributed by atoms with E-state index in [1.807, 2.05) is 19.0 Å². The minimum atomic E-state index is 0.605. The molecule has 1 N–H and O–H groups in total. The highest BCUT2D eigenvalue weighted by molar-refractivity contribution is 5.29. The van der Waals surface area contributed by atoms with Crippen molar-refractivity contribution in [3.63, 3.8) is 0 Å². The van der Waals surface area contributed by atoms with Gasteiger partial charge in [-0.05, 0) is 25.8 Å². The standard InChI is InChI=1S/C13H22N4O/c1-17(2)13-15-9-6-12(16-13)18-10-7-11-5-3-4-8-14-11/h6,9,11,14H,3-5,7-8,10H2,1-2H3. The molecule has 1 aliphatic heterocycles. The van der Waals surface area contributed by atoms with E-state index in [2.05, 4.69) is 15.3 Å². The van der Waals surface area contributed by atoms with Crippen LogP contribution in [0.2, 0.25) is 0 Å². The van der Waals surface area contributed by atoms with Crippen LogP contribution in [0.1, 0.15) is 25.7 Å². The van der Waals surface area contributed by atoms with Crippen LogP contribution in [0.4, 0.5) is 5.95 Å². The van der Waals surface area contributed by atoms with Gasteiger partial charge in [0, 0.05) is 32.4 Å². The second-order valence-corrected chi connectivity index (χ2v) is 4.87. The van der Waals surface area contributed by atoms with Crippen molar-refractivity contribution in [2.75, 3.05) is 32.1 Å². The summed E-state index contributed by atoms with van der Waals surface area (Å²) in [5.41, 5.74) is 0. The van der Waals surface area contributed by atoms with Gasteiger partial charge in [-0.3, -0.25) is 0 Å². The zero-order valence-electron chi connectivity index (χ0n) is 11.2. The highest BCUT2D eigenvalue weighted by Gasteiger charge is 2.12. The molecule has 2 heterocycles. The normalized spacial score (nSPS) is 19.6. The van der Waals surface area contributed by atoms with Crippen LogP contribution in [0.3, 0.4) is 0 Å². The highest BCUT2D eigenvalue weighted by Crippen LogP contribution is 2.13. The van der Waals surface area contributed by atoms with Gasteiger partial charge in [-0.2, -0.15) is 4.98 Å². The number of aromatic nitrogens is 2. The van der Waals surface area contributed by atoms with Crippen molar-refractivity contribution in [3.05, 3.63) is 12.3 Å². The van der Waals surface area contributed by atoms with Crippen LogP contribution in [0.5, 0.6) is 5.88 Å². The molecule has 1 unspecified atom stereocenters. The molecular weight excluding hydrogens is 228 g/mol. The number of nitrogens with zero attached hydrogens (tertiary/aromatic N) is 3. The van der Waals surface area contributed by atoms with Gasteiger partial charge in [0.25, 0.3) is 0 Å². The third kappa shape index (κ3) is 3.84. The fraction of sp³-hybridized carbons (Fsp3) is 0.692. The maximum atomic E-state index is 5.68. The van der Waals surface area contributed by atoms with Crippen molar-refractivity contribution in [2.45, 2.75) is 31.7 Å². The molecule has 0 amide bonds. The maximum Gasteiger partial charge on any atom is 0.228 e. The van der Waals surface area contributed by atoms with Crippen LogP contribution in [0.15, 0.2) is 12.3 Å². The number of rotatable bonds is 5. The van der Waals surface area contributed by atoms with Crippen molar-refractivity contribution in [2.24, 2.45) is 0 Å². The maximum absolute atomic E-state index is 5.68.